The molecule has 0 aromatic heterocycles. The molecule has 0 heterocycles. The Morgan fingerprint density at radius 2 is 1.35 bits per heavy atom. The molecule has 4 rings (SSSR count). The van der Waals surface area contributed by atoms with E-state index in [2.05, 4.69) is 15.5 Å². The summed E-state index contributed by atoms with van der Waals surface area (Å²) in [5.41, 5.74) is 5.18. The molecule has 1 aliphatic carbocycles. The van der Waals surface area contributed by atoms with E-state index in [1.807, 2.05) is 57.4 Å². The summed E-state index contributed by atoms with van der Waals surface area (Å²) in [5.74, 6) is -0.246. The van der Waals surface area contributed by atoms with Gasteiger partial charge in [0.15, 0.2) is 11.6 Å². The number of nitrogens with one attached hydrogen (secondary N) is 2. The second kappa shape index (κ2) is 8.74. The van der Waals surface area contributed by atoms with E-state index >= 15 is 0 Å². The number of benzene rings is 3. The lowest BCUT2D eigenvalue weighted by Gasteiger charge is -2.24. The highest BCUT2D eigenvalue weighted by Gasteiger charge is 2.33. The number of hydrogen-bond donors (Lipinski definition) is 2. The van der Waals surface area contributed by atoms with Crippen molar-refractivity contribution in [3.05, 3.63) is 88.5 Å². The van der Waals surface area contributed by atoms with E-state index in [1.165, 1.54) is 0 Å². The number of rotatable bonds is 7. The van der Waals surface area contributed by atoms with Gasteiger partial charge in [-0.2, -0.15) is 0 Å². The lowest BCUT2D eigenvalue weighted by atomic mass is 9.82. The quantitative estimate of drug-likeness (QED) is 0.423. The number of carbonyl (C=O) groups is 2. The van der Waals surface area contributed by atoms with Gasteiger partial charge in [-0.05, 0) is 58.3 Å². The summed E-state index contributed by atoms with van der Waals surface area (Å²) in [4.78, 5) is 29.0. The van der Waals surface area contributed by atoms with Crippen LogP contribution in [0, 0.1) is 6.92 Å². The summed E-state index contributed by atoms with van der Waals surface area (Å²) in [5, 5.41) is 6.72. The van der Waals surface area contributed by atoms with Crippen LogP contribution in [0.5, 0.6) is 0 Å². The lowest BCUT2D eigenvalue weighted by molar-refractivity contribution is 0.0980. The fourth-order valence-electron chi connectivity index (χ4n) is 3.89. The van der Waals surface area contributed by atoms with Crippen molar-refractivity contribution >= 4 is 28.6 Å². The third kappa shape index (κ3) is 4.23. The summed E-state index contributed by atoms with van der Waals surface area (Å²) in [6.07, 6.45) is 0.934. The molecule has 31 heavy (non-hydrogen) atoms. The number of fused-ring (bicyclic) bond motifs is 2. The highest BCUT2D eigenvalue weighted by Crippen LogP contribution is 2.37. The van der Waals surface area contributed by atoms with Crippen LogP contribution in [0.1, 0.15) is 43.8 Å². The van der Waals surface area contributed by atoms with Crippen molar-refractivity contribution in [2.45, 2.75) is 13.3 Å². The van der Waals surface area contributed by atoms with Gasteiger partial charge in [-0.25, -0.2) is 0 Å². The molecule has 0 amide bonds. The van der Waals surface area contributed by atoms with Crippen molar-refractivity contribution in [2.24, 2.45) is 0 Å². The number of hydrogen-bond acceptors (Lipinski definition) is 5. The monoisotopic (exact) mass is 413 g/mol. The first-order valence-electron chi connectivity index (χ1n) is 10.5. The van der Waals surface area contributed by atoms with Crippen molar-refractivity contribution in [3.63, 3.8) is 0 Å². The minimum absolute atomic E-state index is 0.118. The zero-order chi connectivity index (χ0) is 22.0. The minimum atomic E-state index is -0.128. The molecule has 1 aliphatic rings. The maximum atomic E-state index is 13.5. The molecule has 0 atom stereocenters. The Kier molecular flexibility index (Phi) is 5.87. The molecule has 0 fully saturated rings. The average Bonchev–Trinajstić information content (AvgIpc) is 2.77. The summed E-state index contributed by atoms with van der Waals surface area (Å²) >= 11 is 0. The lowest BCUT2D eigenvalue weighted by Crippen LogP contribution is -2.24. The third-order valence-corrected chi connectivity index (χ3v) is 5.50. The Morgan fingerprint density at radius 1 is 0.774 bits per heavy atom. The second-order valence-electron chi connectivity index (χ2n) is 8.19. The molecule has 158 valence electrons. The largest absolute Gasteiger partial charge is 0.384 e. The van der Waals surface area contributed by atoms with Crippen LogP contribution in [0.25, 0.3) is 0 Å². The van der Waals surface area contributed by atoms with Crippen LogP contribution in [0.4, 0.5) is 17.1 Å². The molecule has 2 N–H and O–H groups in total. The van der Waals surface area contributed by atoms with Crippen LogP contribution in [0.3, 0.4) is 0 Å². The van der Waals surface area contributed by atoms with E-state index in [-0.39, 0.29) is 11.6 Å². The van der Waals surface area contributed by atoms with E-state index in [0.29, 0.717) is 33.6 Å². The average molecular weight is 414 g/mol. The predicted octanol–water partition coefficient (Wildman–Crippen LogP) is 4.88. The fourth-order valence-corrected chi connectivity index (χ4v) is 3.89. The summed E-state index contributed by atoms with van der Waals surface area (Å²) in [6, 6.07) is 18.8. The normalized spacial score (nSPS) is 12.5. The molecular weight excluding hydrogens is 386 g/mol. The first kappa shape index (κ1) is 20.8. The van der Waals surface area contributed by atoms with E-state index in [9.17, 15) is 9.59 Å². The van der Waals surface area contributed by atoms with Gasteiger partial charge in [-0.15, -0.1) is 0 Å². The Bertz CT molecular complexity index is 1130. The molecule has 0 radical (unpaired) electrons. The van der Waals surface area contributed by atoms with Crippen LogP contribution in [-0.2, 0) is 0 Å². The number of ketones is 2. The summed E-state index contributed by atoms with van der Waals surface area (Å²) in [6.45, 7) is 3.69. The molecule has 0 bridgehead atoms. The molecule has 0 saturated heterocycles. The molecule has 5 nitrogen and oxygen atoms in total. The highest BCUT2D eigenvalue weighted by atomic mass is 16.1. The van der Waals surface area contributed by atoms with Gasteiger partial charge in [0.2, 0.25) is 0 Å². The smallest absolute Gasteiger partial charge is 0.196 e. The maximum Gasteiger partial charge on any atom is 0.196 e. The number of nitrogens with zero attached hydrogens (tertiary/aromatic N) is 1. The molecule has 0 spiro atoms. The molecule has 0 aliphatic heterocycles. The second-order valence-corrected chi connectivity index (χ2v) is 8.19. The van der Waals surface area contributed by atoms with E-state index in [4.69, 9.17) is 0 Å². The van der Waals surface area contributed by atoms with E-state index < -0.39 is 0 Å². The minimum Gasteiger partial charge on any atom is -0.384 e. The molecule has 5 heteroatoms. The molecular formula is C26H27N3O2. The maximum absolute atomic E-state index is 13.5. The Balaban J connectivity index is 1.75. The topological polar surface area (TPSA) is 61.4 Å². The first-order valence-corrected chi connectivity index (χ1v) is 10.5. The molecule has 0 saturated carbocycles. The third-order valence-electron chi connectivity index (χ3n) is 5.50. The van der Waals surface area contributed by atoms with Crippen LogP contribution in [0.15, 0.2) is 60.7 Å². The van der Waals surface area contributed by atoms with Gasteiger partial charge in [0.25, 0.3) is 0 Å². The van der Waals surface area contributed by atoms with Gasteiger partial charge >= 0.3 is 0 Å². The zero-order valence-corrected chi connectivity index (χ0v) is 18.2. The first-order chi connectivity index (χ1) is 15.0. The fraction of sp³-hybridized carbons (Fsp3) is 0.231. The van der Waals surface area contributed by atoms with Gasteiger partial charge in [0.05, 0.1) is 16.8 Å². The Morgan fingerprint density at radius 3 is 1.97 bits per heavy atom. The van der Waals surface area contributed by atoms with Gasteiger partial charge in [-0.3, -0.25) is 9.59 Å². The standard InChI is InChI=1S/C26H27N3O2/c1-17-9-11-18(12-10-17)28-22-14-13-21(27-15-6-16-29(2)3)23-24(22)26(31)20-8-5-4-7-19(20)25(23)30/h4-5,7-14,27-28H,6,15-16H2,1-3H3. The highest BCUT2D eigenvalue weighted by molar-refractivity contribution is 6.32. The number of aryl methyl sites for hydroxylation is 1. The van der Waals surface area contributed by atoms with E-state index in [1.54, 1.807) is 24.3 Å². The van der Waals surface area contributed by atoms with Crippen molar-refractivity contribution in [3.8, 4) is 0 Å². The van der Waals surface area contributed by atoms with Gasteiger partial charge < -0.3 is 15.5 Å². The molecule has 3 aromatic carbocycles. The predicted molar refractivity (Wildman–Crippen MR) is 126 cm³/mol. The van der Waals surface area contributed by atoms with Crippen LogP contribution in [0.2, 0.25) is 0 Å². The van der Waals surface area contributed by atoms with Crippen LogP contribution < -0.4 is 10.6 Å². The van der Waals surface area contributed by atoms with Crippen LogP contribution >= 0.6 is 0 Å². The van der Waals surface area contributed by atoms with Crippen molar-refractivity contribution < 1.29 is 9.59 Å². The SMILES string of the molecule is Cc1ccc(Nc2ccc(NCCCN(C)C)c3c2C(=O)c2ccccc2C3=O)cc1. The van der Waals surface area contributed by atoms with E-state index in [0.717, 1.165) is 30.8 Å². The van der Waals surface area contributed by atoms with Gasteiger partial charge in [0, 0.05) is 29.0 Å². The van der Waals surface area contributed by atoms with Gasteiger partial charge in [0.1, 0.15) is 0 Å². The van der Waals surface area contributed by atoms with Crippen molar-refractivity contribution in [1.29, 1.82) is 0 Å². The van der Waals surface area contributed by atoms with Gasteiger partial charge in [-0.1, -0.05) is 42.0 Å². The Labute approximate surface area is 183 Å². The molecule has 3 aromatic rings. The Hall–Kier alpha value is -3.44. The number of anilines is 3. The van der Waals surface area contributed by atoms with Crippen molar-refractivity contribution in [1.82, 2.24) is 4.90 Å². The number of carbonyl (C=O) groups excluding carboxylic acids is 2. The summed E-state index contributed by atoms with van der Waals surface area (Å²) in [7, 11) is 4.07. The summed E-state index contributed by atoms with van der Waals surface area (Å²) < 4.78 is 0. The van der Waals surface area contributed by atoms with Crippen LogP contribution in [-0.4, -0.2) is 43.7 Å². The zero-order valence-electron chi connectivity index (χ0n) is 18.2. The van der Waals surface area contributed by atoms with Crippen molar-refractivity contribution in [2.75, 3.05) is 37.8 Å². The molecule has 0 unspecified atom stereocenters.